The summed E-state index contributed by atoms with van der Waals surface area (Å²) in [6, 6.07) is 32.1. The summed E-state index contributed by atoms with van der Waals surface area (Å²) in [5.41, 5.74) is 4.20. The van der Waals surface area contributed by atoms with Crippen molar-refractivity contribution >= 4 is 79.7 Å². The van der Waals surface area contributed by atoms with E-state index in [4.69, 9.17) is 0 Å². The van der Waals surface area contributed by atoms with Crippen molar-refractivity contribution < 1.29 is 28.8 Å². The highest BCUT2D eigenvalue weighted by molar-refractivity contribution is 6.40. The van der Waals surface area contributed by atoms with Crippen molar-refractivity contribution in [2.24, 2.45) is 0 Å². The second kappa shape index (κ2) is 15.2. The predicted octanol–water partition coefficient (Wildman–Crippen LogP) is 8.88. The Morgan fingerprint density at radius 1 is 0.410 bits per heavy atom. The molecule has 6 aromatic carbocycles. The number of unbranched alkanes of at least 4 members (excludes halogenated alkanes) is 5. The molecule has 1 saturated heterocycles. The van der Waals surface area contributed by atoms with Crippen molar-refractivity contribution in [1.82, 2.24) is 4.90 Å². The molecule has 0 aliphatic carbocycles. The molecule has 4 aliphatic heterocycles. The fourth-order valence-electron chi connectivity index (χ4n) is 9.62. The van der Waals surface area contributed by atoms with Gasteiger partial charge in [-0.15, -0.1) is 0 Å². The Bertz CT molecular complexity index is 2770. The van der Waals surface area contributed by atoms with Gasteiger partial charge in [-0.1, -0.05) is 75.4 Å². The smallest absolute Gasteiger partial charge is 0.265 e. The van der Waals surface area contributed by atoms with E-state index < -0.39 is 35.4 Å². The van der Waals surface area contributed by atoms with Crippen LogP contribution in [0.2, 0.25) is 0 Å². The van der Waals surface area contributed by atoms with Crippen LogP contribution in [0, 0.1) is 0 Å². The molecule has 0 spiro atoms. The first-order chi connectivity index (χ1) is 29.8. The molecule has 4 heterocycles. The SMILES string of the molecule is CCCCCCCCN1C(=O)c2ccc3c4c(ccc(c24)C1=O)C(=O)N(c1cccc(N2C(=O)c4cccc5c(N6CCN(c7ccccc7)CC6)ccc(c45)C2=O)c1)C3=O. The van der Waals surface area contributed by atoms with Gasteiger partial charge in [-0.05, 0) is 79.2 Å². The zero-order valence-corrected chi connectivity index (χ0v) is 33.9. The van der Waals surface area contributed by atoms with E-state index in [1.54, 1.807) is 54.6 Å². The van der Waals surface area contributed by atoms with Crippen LogP contribution < -0.4 is 19.6 Å². The van der Waals surface area contributed by atoms with Crippen molar-refractivity contribution in [3.05, 3.63) is 143 Å². The monoisotopic (exact) mass is 809 g/mol. The summed E-state index contributed by atoms with van der Waals surface area (Å²) in [7, 11) is 0. The average molecular weight is 810 g/mol. The van der Waals surface area contributed by atoms with Gasteiger partial charge >= 0.3 is 0 Å². The third-order valence-corrected chi connectivity index (χ3v) is 12.7. The van der Waals surface area contributed by atoms with Crippen LogP contribution >= 0.6 is 0 Å². The predicted molar refractivity (Wildman–Crippen MR) is 236 cm³/mol. The normalized spacial score (nSPS) is 16.2. The number of carbonyl (C=O) groups excluding carboxylic acids is 6. The topological polar surface area (TPSA) is 119 Å². The summed E-state index contributed by atoms with van der Waals surface area (Å²) < 4.78 is 0. The number of rotatable bonds is 11. The summed E-state index contributed by atoms with van der Waals surface area (Å²) in [6.45, 7) is 5.66. The average Bonchev–Trinajstić information content (AvgIpc) is 3.29. The van der Waals surface area contributed by atoms with Gasteiger partial charge in [0.15, 0.2) is 0 Å². The van der Waals surface area contributed by atoms with Gasteiger partial charge in [0.05, 0.1) is 11.4 Å². The number of amides is 6. The lowest BCUT2D eigenvalue weighted by atomic mass is 9.85. The van der Waals surface area contributed by atoms with Gasteiger partial charge in [-0.3, -0.25) is 33.7 Å². The molecule has 11 heteroatoms. The Hall–Kier alpha value is -7.14. The van der Waals surface area contributed by atoms with E-state index in [1.165, 1.54) is 16.7 Å². The van der Waals surface area contributed by atoms with Crippen molar-refractivity contribution in [2.45, 2.75) is 45.4 Å². The van der Waals surface area contributed by atoms with Crippen LogP contribution in [0.25, 0.3) is 21.5 Å². The Labute approximate surface area is 352 Å². The van der Waals surface area contributed by atoms with Gasteiger partial charge < -0.3 is 9.80 Å². The first-order valence-corrected chi connectivity index (χ1v) is 21.2. The molecular formula is C50H43N5O6. The summed E-state index contributed by atoms with van der Waals surface area (Å²) >= 11 is 0. The van der Waals surface area contributed by atoms with E-state index in [-0.39, 0.29) is 39.0 Å². The number of imide groups is 3. The number of para-hydroxylation sites is 1. The molecule has 10 rings (SSSR count). The standard InChI is InChI=1S/C50H43N5O6/c1-2-3-4-5-6-10-25-53-45(56)37-19-21-39-44-40(22-20-38(43(37)44)46(53)57)50(61)55(49(39)60)33-16-11-15-32(30-33)54-47(58)35-18-12-17-34-41(24-23-36(42(34)35)48(54)59)52-28-26-51(27-29-52)31-13-8-7-9-14-31/h7-9,11-24,30H,2-6,10,25-29H2,1H3. The third-order valence-electron chi connectivity index (χ3n) is 12.7. The second-order valence-corrected chi connectivity index (χ2v) is 16.2. The number of carbonyl (C=O) groups is 6. The van der Waals surface area contributed by atoms with Gasteiger partial charge in [-0.25, -0.2) is 9.80 Å². The lowest BCUT2D eigenvalue weighted by molar-refractivity contribution is 0.0605. The zero-order chi connectivity index (χ0) is 41.9. The molecule has 1 fully saturated rings. The quantitative estimate of drug-likeness (QED) is 0.0941. The first-order valence-electron chi connectivity index (χ1n) is 21.2. The van der Waals surface area contributed by atoms with E-state index in [0.717, 1.165) is 79.2 Å². The van der Waals surface area contributed by atoms with E-state index >= 15 is 0 Å². The van der Waals surface area contributed by atoms with Crippen molar-refractivity contribution in [1.29, 1.82) is 0 Å². The Kier molecular flexibility index (Phi) is 9.46. The second-order valence-electron chi connectivity index (χ2n) is 16.2. The van der Waals surface area contributed by atoms with Crippen LogP contribution in [0.1, 0.15) is 108 Å². The number of hydrogen-bond donors (Lipinski definition) is 0. The molecule has 0 atom stereocenters. The first kappa shape index (κ1) is 38.1. The number of benzene rings is 6. The molecular weight excluding hydrogens is 767 g/mol. The van der Waals surface area contributed by atoms with Gasteiger partial charge in [-0.2, -0.15) is 0 Å². The Balaban J connectivity index is 0.926. The Morgan fingerprint density at radius 2 is 0.869 bits per heavy atom. The van der Waals surface area contributed by atoms with Crippen molar-refractivity contribution in [3.8, 4) is 0 Å². The maximum atomic E-state index is 14.4. The molecule has 0 bridgehead atoms. The maximum absolute atomic E-state index is 14.4. The minimum Gasteiger partial charge on any atom is -0.368 e. The van der Waals surface area contributed by atoms with Crippen LogP contribution in [0.15, 0.2) is 109 Å². The van der Waals surface area contributed by atoms with E-state index in [9.17, 15) is 28.8 Å². The van der Waals surface area contributed by atoms with Crippen LogP contribution in [-0.2, 0) is 0 Å². The fraction of sp³-hybridized carbons (Fsp3) is 0.240. The highest BCUT2D eigenvalue weighted by Crippen LogP contribution is 2.42. The van der Waals surface area contributed by atoms with Crippen molar-refractivity contribution in [3.63, 3.8) is 0 Å². The van der Waals surface area contributed by atoms with E-state index in [0.29, 0.717) is 34.9 Å². The number of hydrogen-bond acceptors (Lipinski definition) is 8. The minimum absolute atomic E-state index is 0.165. The molecule has 0 saturated carbocycles. The molecule has 61 heavy (non-hydrogen) atoms. The van der Waals surface area contributed by atoms with E-state index in [1.807, 2.05) is 36.4 Å². The summed E-state index contributed by atoms with van der Waals surface area (Å²) in [6.07, 6.45) is 6.05. The molecule has 0 aromatic heterocycles. The summed E-state index contributed by atoms with van der Waals surface area (Å²) in [5, 5.41) is 2.03. The molecule has 304 valence electrons. The summed E-state index contributed by atoms with van der Waals surface area (Å²) in [4.78, 5) is 93.0. The lowest BCUT2D eigenvalue weighted by Crippen LogP contribution is -2.46. The Morgan fingerprint density at radius 3 is 1.46 bits per heavy atom. The van der Waals surface area contributed by atoms with E-state index in [2.05, 4.69) is 28.9 Å². The fourth-order valence-corrected chi connectivity index (χ4v) is 9.62. The molecule has 6 amide bonds. The highest BCUT2D eigenvalue weighted by Gasteiger charge is 2.41. The third kappa shape index (κ3) is 6.09. The number of nitrogens with zero attached hydrogens (tertiary/aromatic N) is 5. The molecule has 0 radical (unpaired) electrons. The largest absolute Gasteiger partial charge is 0.368 e. The molecule has 0 unspecified atom stereocenters. The summed E-state index contributed by atoms with van der Waals surface area (Å²) in [5.74, 6) is -3.17. The zero-order valence-electron chi connectivity index (χ0n) is 33.9. The van der Waals surface area contributed by atoms with Gasteiger partial charge in [0, 0.05) is 99.0 Å². The highest BCUT2D eigenvalue weighted by atomic mass is 16.2. The van der Waals surface area contributed by atoms with Crippen LogP contribution in [0.5, 0.6) is 0 Å². The maximum Gasteiger partial charge on any atom is 0.265 e. The molecule has 11 nitrogen and oxygen atoms in total. The van der Waals surface area contributed by atoms with Crippen molar-refractivity contribution in [2.75, 3.05) is 52.3 Å². The number of piperazine rings is 1. The molecule has 4 aliphatic rings. The minimum atomic E-state index is -0.642. The van der Waals surface area contributed by atoms with Gasteiger partial charge in [0.25, 0.3) is 35.4 Å². The van der Waals surface area contributed by atoms with Crippen LogP contribution in [0.4, 0.5) is 22.7 Å². The molecule has 6 aromatic rings. The lowest BCUT2D eigenvalue weighted by Gasteiger charge is -2.38. The number of anilines is 4. The van der Waals surface area contributed by atoms with Gasteiger partial charge in [0.1, 0.15) is 0 Å². The van der Waals surface area contributed by atoms with Crippen LogP contribution in [-0.4, -0.2) is 73.1 Å². The van der Waals surface area contributed by atoms with Crippen LogP contribution in [0.3, 0.4) is 0 Å². The van der Waals surface area contributed by atoms with Gasteiger partial charge in [0.2, 0.25) is 0 Å². The molecule has 0 N–H and O–H groups in total.